The van der Waals surface area contributed by atoms with Gasteiger partial charge in [-0.25, -0.2) is 20.3 Å². The van der Waals surface area contributed by atoms with Crippen LogP contribution in [0.3, 0.4) is 0 Å². The minimum absolute atomic E-state index is 0.0140. The molecule has 0 saturated heterocycles. The lowest BCUT2D eigenvalue weighted by Gasteiger charge is -2.16. The molecule has 8 nitrogen and oxygen atoms in total. The third kappa shape index (κ3) is 5.35. The summed E-state index contributed by atoms with van der Waals surface area (Å²) in [7, 11) is 0. The molecule has 0 amide bonds. The predicted molar refractivity (Wildman–Crippen MR) is 142 cm³/mol. The Morgan fingerprint density at radius 3 is 2.46 bits per heavy atom. The van der Waals surface area contributed by atoms with E-state index in [0.717, 1.165) is 52.3 Å². The second-order valence-corrected chi connectivity index (χ2v) is 9.00. The van der Waals surface area contributed by atoms with Gasteiger partial charge in [0.1, 0.15) is 5.82 Å². The summed E-state index contributed by atoms with van der Waals surface area (Å²) in [6, 6.07) is 21.6. The van der Waals surface area contributed by atoms with Gasteiger partial charge in [-0.05, 0) is 42.2 Å². The molecule has 3 heterocycles. The van der Waals surface area contributed by atoms with Crippen LogP contribution in [0.2, 0.25) is 0 Å². The number of aliphatic hydroxyl groups excluding tert-OH is 1. The summed E-state index contributed by atoms with van der Waals surface area (Å²) in [4.78, 5) is 31.9. The van der Waals surface area contributed by atoms with Gasteiger partial charge in [-0.1, -0.05) is 61.5 Å². The standard InChI is InChI=1S/C29H29N5O3/c1-3-8-26-31-19(2)25(17-22-9-6-7-16-30-22)28(35)34(26)18-20-12-14-21(15-13-20)23-10-4-5-11-24(23)27-32-29(36)37-33-27/h4-7,9-16,29,36H,3,8,17-18H2,1-2H3,(H,32,33). The topological polar surface area (TPSA) is 102 Å². The number of aryl methyl sites for hydroxylation is 2. The summed E-state index contributed by atoms with van der Waals surface area (Å²) in [5.41, 5.74) is 8.74. The fourth-order valence-corrected chi connectivity index (χ4v) is 4.53. The number of hydrogen-bond acceptors (Lipinski definition) is 7. The van der Waals surface area contributed by atoms with Crippen molar-refractivity contribution in [2.45, 2.75) is 46.1 Å². The second-order valence-electron chi connectivity index (χ2n) is 9.00. The van der Waals surface area contributed by atoms with Gasteiger partial charge in [0.25, 0.3) is 12.0 Å². The molecule has 2 aromatic carbocycles. The van der Waals surface area contributed by atoms with Gasteiger partial charge >= 0.3 is 0 Å². The number of hydrogen-bond donors (Lipinski definition) is 2. The molecule has 2 N–H and O–H groups in total. The molecule has 0 spiro atoms. The van der Waals surface area contributed by atoms with E-state index in [1.807, 2.05) is 73.7 Å². The van der Waals surface area contributed by atoms with Crippen molar-refractivity contribution in [2.75, 3.05) is 0 Å². The molecule has 0 bridgehead atoms. The molecule has 0 fully saturated rings. The first-order valence-corrected chi connectivity index (χ1v) is 12.4. The van der Waals surface area contributed by atoms with Crippen LogP contribution in [0, 0.1) is 6.92 Å². The normalized spacial score (nSPS) is 14.9. The molecule has 5 rings (SSSR count). The van der Waals surface area contributed by atoms with Crippen molar-refractivity contribution in [1.29, 1.82) is 0 Å². The maximum Gasteiger partial charge on any atom is 0.280 e. The average Bonchev–Trinajstić information content (AvgIpc) is 3.36. The summed E-state index contributed by atoms with van der Waals surface area (Å²) >= 11 is 0. The zero-order chi connectivity index (χ0) is 25.8. The Kier molecular flexibility index (Phi) is 7.20. The smallest absolute Gasteiger partial charge is 0.280 e. The molecular weight excluding hydrogens is 466 g/mol. The van der Waals surface area contributed by atoms with Crippen LogP contribution in [0.1, 0.15) is 47.2 Å². The number of benzene rings is 2. The third-order valence-electron chi connectivity index (χ3n) is 6.39. The Hall–Kier alpha value is -4.14. The maximum absolute atomic E-state index is 13.6. The molecule has 1 unspecified atom stereocenters. The van der Waals surface area contributed by atoms with Crippen LogP contribution in [0.5, 0.6) is 0 Å². The van der Waals surface area contributed by atoms with E-state index >= 15 is 0 Å². The first kappa shape index (κ1) is 24.5. The highest BCUT2D eigenvalue weighted by Gasteiger charge is 2.19. The van der Waals surface area contributed by atoms with Gasteiger partial charge < -0.3 is 5.11 Å². The lowest BCUT2D eigenvalue weighted by Crippen LogP contribution is -2.30. The Morgan fingerprint density at radius 2 is 1.78 bits per heavy atom. The molecule has 188 valence electrons. The van der Waals surface area contributed by atoms with Crippen molar-refractivity contribution < 1.29 is 9.94 Å². The molecule has 1 atom stereocenters. The van der Waals surface area contributed by atoms with E-state index in [1.165, 1.54) is 0 Å². The van der Waals surface area contributed by atoms with Gasteiger partial charge in [0, 0.05) is 41.6 Å². The number of aromatic nitrogens is 3. The summed E-state index contributed by atoms with van der Waals surface area (Å²) in [5.74, 6) is 1.28. The number of hydroxylamine groups is 1. The average molecular weight is 496 g/mol. The quantitative estimate of drug-likeness (QED) is 0.386. The van der Waals surface area contributed by atoms with Crippen LogP contribution in [-0.4, -0.2) is 31.9 Å². The monoisotopic (exact) mass is 495 g/mol. The molecular formula is C29H29N5O3. The van der Waals surface area contributed by atoms with Crippen LogP contribution in [0.25, 0.3) is 11.1 Å². The lowest BCUT2D eigenvalue weighted by molar-refractivity contribution is -0.102. The van der Waals surface area contributed by atoms with E-state index in [-0.39, 0.29) is 5.56 Å². The molecule has 0 saturated carbocycles. The molecule has 1 aliphatic rings. The molecule has 0 radical (unpaired) electrons. The van der Waals surface area contributed by atoms with E-state index in [4.69, 9.17) is 9.82 Å². The van der Waals surface area contributed by atoms with Gasteiger partial charge in [-0.2, -0.15) is 0 Å². The fraction of sp³-hybridized carbons (Fsp3) is 0.241. The largest absolute Gasteiger partial charge is 0.348 e. The fourth-order valence-electron chi connectivity index (χ4n) is 4.53. The van der Waals surface area contributed by atoms with Gasteiger partial charge in [-0.15, -0.1) is 0 Å². The Morgan fingerprint density at radius 1 is 1.03 bits per heavy atom. The van der Waals surface area contributed by atoms with Gasteiger partial charge in [0.05, 0.1) is 6.54 Å². The number of aliphatic imine (C=N–C) groups is 1. The summed E-state index contributed by atoms with van der Waals surface area (Å²) in [6.45, 7) is 4.43. The highest BCUT2D eigenvalue weighted by Crippen LogP contribution is 2.26. The second kappa shape index (κ2) is 10.9. The number of nitrogens with one attached hydrogen (secondary N) is 1. The number of amidine groups is 1. The van der Waals surface area contributed by atoms with Crippen molar-refractivity contribution in [2.24, 2.45) is 4.99 Å². The van der Waals surface area contributed by atoms with E-state index in [2.05, 4.69) is 22.4 Å². The molecule has 2 aromatic heterocycles. The van der Waals surface area contributed by atoms with Gasteiger partial charge in [-0.3, -0.25) is 14.3 Å². The number of rotatable bonds is 8. The summed E-state index contributed by atoms with van der Waals surface area (Å²) in [5, 5.41) is 9.59. The van der Waals surface area contributed by atoms with E-state index in [9.17, 15) is 9.90 Å². The van der Waals surface area contributed by atoms with Crippen molar-refractivity contribution in [3.63, 3.8) is 0 Å². The van der Waals surface area contributed by atoms with Gasteiger partial charge in [0.2, 0.25) is 0 Å². The van der Waals surface area contributed by atoms with Crippen molar-refractivity contribution in [1.82, 2.24) is 20.0 Å². The zero-order valence-electron chi connectivity index (χ0n) is 20.9. The number of aliphatic hydroxyl groups is 1. The van der Waals surface area contributed by atoms with Crippen LogP contribution >= 0.6 is 0 Å². The van der Waals surface area contributed by atoms with E-state index in [0.29, 0.717) is 24.4 Å². The molecule has 1 aliphatic heterocycles. The minimum atomic E-state index is -1.22. The molecule has 8 heteroatoms. The van der Waals surface area contributed by atoms with Crippen LogP contribution in [-0.2, 0) is 24.2 Å². The third-order valence-corrected chi connectivity index (χ3v) is 6.39. The predicted octanol–water partition coefficient (Wildman–Crippen LogP) is 3.76. The Bertz CT molecular complexity index is 1480. The Labute approximate surface area is 215 Å². The molecule has 37 heavy (non-hydrogen) atoms. The summed E-state index contributed by atoms with van der Waals surface area (Å²) in [6.07, 6.45) is 2.61. The van der Waals surface area contributed by atoms with Crippen molar-refractivity contribution in [3.8, 4) is 11.1 Å². The number of pyridine rings is 1. The van der Waals surface area contributed by atoms with Crippen LogP contribution in [0.15, 0.2) is 82.7 Å². The minimum Gasteiger partial charge on any atom is -0.348 e. The first-order chi connectivity index (χ1) is 18.0. The molecule has 4 aromatic rings. The highest BCUT2D eigenvalue weighted by molar-refractivity contribution is 6.04. The molecule has 0 aliphatic carbocycles. The highest BCUT2D eigenvalue weighted by atomic mass is 16.7. The van der Waals surface area contributed by atoms with E-state index in [1.54, 1.807) is 10.8 Å². The van der Waals surface area contributed by atoms with E-state index < -0.39 is 6.41 Å². The Balaban J connectivity index is 1.46. The lowest BCUT2D eigenvalue weighted by atomic mass is 9.98. The summed E-state index contributed by atoms with van der Waals surface area (Å²) < 4.78 is 1.80. The van der Waals surface area contributed by atoms with Crippen LogP contribution < -0.4 is 11.0 Å². The van der Waals surface area contributed by atoms with Crippen LogP contribution in [0.4, 0.5) is 0 Å². The number of nitrogens with zero attached hydrogens (tertiary/aromatic N) is 4. The zero-order valence-corrected chi connectivity index (χ0v) is 20.9. The van der Waals surface area contributed by atoms with Crippen molar-refractivity contribution >= 4 is 5.84 Å². The SMILES string of the molecule is CCCc1nc(C)c(Cc2ccccn2)c(=O)n1Cc1ccc(-c2ccccc2C2=NC(O)ON2)cc1. The first-order valence-electron chi connectivity index (χ1n) is 12.4. The maximum atomic E-state index is 13.6. The van der Waals surface area contributed by atoms with Crippen molar-refractivity contribution in [3.05, 3.63) is 117 Å². The van der Waals surface area contributed by atoms with Gasteiger partial charge in [0.15, 0.2) is 5.84 Å².